The van der Waals surface area contributed by atoms with Crippen molar-refractivity contribution >= 4 is 24.0 Å². The van der Waals surface area contributed by atoms with Crippen LogP contribution in [0.4, 0.5) is 8.78 Å². The molecule has 1 aliphatic rings. The summed E-state index contributed by atoms with van der Waals surface area (Å²) in [6, 6.07) is 0.934. The normalized spacial score (nSPS) is 18.4. The third-order valence-electron chi connectivity index (χ3n) is 2.89. The molecule has 1 aromatic rings. The van der Waals surface area contributed by atoms with Crippen LogP contribution in [-0.4, -0.2) is 11.2 Å². The van der Waals surface area contributed by atoms with Crippen molar-refractivity contribution in [3.8, 4) is 0 Å². The first kappa shape index (κ1) is 14.6. The van der Waals surface area contributed by atoms with Crippen LogP contribution >= 0.6 is 24.0 Å². The molecule has 0 unspecified atom stereocenters. The summed E-state index contributed by atoms with van der Waals surface area (Å²) in [4.78, 5) is 0. The molecule has 0 spiro atoms. The zero-order valence-corrected chi connectivity index (χ0v) is 10.4. The van der Waals surface area contributed by atoms with Gasteiger partial charge in [-0.3, -0.25) is 0 Å². The monoisotopic (exact) mass is 283 g/mol. The summed E-state index contributed by atoms with van der Waals surface area (Å²) in [5.74, 6) is -1.33. The molecule has 3 N–H and O–H groups in total. The maximum absolute atomic E-state index is 13.5. The molecule has 2 rings (SSSR count). The van der Waals surface area contributed by atoms with Crippen LogP contribution in [0.2, 0.25) is 5.02 Å². The van der Waals surface area contributed by atoms with E-state index in [1.54, 1.807) is 0 Å². The van der Waals surface area contributed by atoms with E-state index in [2.05, 4.69) is 0 Å². The second-order valence-corrected chi connectivity index (χ2v) is 4.49. The van der Waals surface area contributed by atoms with E-state index in [9.17, 15) is 13.9 Å². The Kier molecular flexibility index (Phi) is 4.72. The van der Waals surface area contributed by atoms with Crippen LogP contribution in [0.3, 0.4) is 0 Å². The predicted molar refractivity (Wildman–Crippen MR) is 64.3 cm³/mol. The van der Waals surface area contributed by atoms with Crippen LogP contribution in [0.5, 0.6) is 0 Å². The molecule has 1 saturated carbocycles. The highest BCUT2D eigenvalue weighted by Gasteiger charge is 2.36. The van der Waals surface area contributed by atoms with Crippen molar-refractivity contribution in [1.29, 1.82) is 0 Å². The fourth-order valence-corrected chi connectivity index (χ4v) is 2.03. The van der Waals surface area contributed by atoms with E-state index in [0.29, 0.717) is 0 Å². The Morgan fingerprint density at radius 1 is 1.29 bits per heavy atom. The topological polar surface area (TPSA) is 46.2 Å². The zero-order chi connectivity index (χ0) is 11.9. The Balaban J connectivity index is 0.00000144. The van der Waals surface area contributed by atoms with Crippen LogP contribution in [0.25, 0.3) is 0 Å². The molecule has 0 saturated heterocycles. The van der Waals surface area contributed by atoms with Gasteiger partial charge in [-0.15, -0.1) is 12.4 Å². The Hall–Kier alpha value is -0.420. The number of hydrogen-bond acceptors (Lipinski definition) is 2. The Morgan fingerprint density at radius 2 is 1.82 bits per heavy atom. The van der Waals surface area contributed by atoms with Gasteiger partial charge in [0.1, 0.15) is 11.6 Å². The minimum atomic E-state index is -0.976. The van der Waals surface area contributed by atoms with Crippen molar-refractivity contribution in [2.45, 2.75) is 25.0 Å². The fourth-order valence-electron chi connectivity index (χ4n) is 1.75. The van der Waals surface area contributed by atoms with Gasteiger partial charge in [-0.1, -0.05) is 11.6 Å². The van der Waals surface area contributed by atoms with Crippen LogP contribution in [0, 0.1) is 17.6 Å². The first-order valence-electron chi connectivity index (χ1n) is 5.09. The van der Waals surface area contributed by atoms with Crippen molar-refractivity contribution < 1.29 is 13.9 Å². The lowest BCUT2D eigenvalue weighted by Crippen LogP contribution is -2.29. The lowest BCUT2D eigenvalue weighted by molar-refractivity contribution is 0.121. The minimum absolute atomic E-state index is 0. The molecule has 96 valence electrons. The molecule has 0 bridgehead atoms. The molecule has 0 heterocycles. The highest BCUT2D eigenvalue weighted by Crippen LogP contribution is 2.39. The van der Waals surface area contributed by atoms with Crippen molar-refractivity contribution in [2.75, 3.05) is 0 Å². The number of hydrogen-bond donors (Lipinski definition) is 2. The number of aliphatic hydroxyl groups excluding tert-OH is 1. The highest BCUT2D eigenvalue weighted by atomic mass is 35.5. The SMILES string of the molecule is Cl.N[C@H](c1c(F)ccc(F)c1Cl)[C@@H](O)C1CC1. The fraction of sp³-hybridized carbons (Fsp3) is 0.455. The van der Waals surface area contributed by atoms with Crippen LogP contribution < -0.4 is 5.73 Å². The van der Waals surface area contributed by atoms with Gasteiger partial charge >= 0.3 is 0 Å². The number of halogens is 4. The molecule has 1 aromatic carbocycles. The molecule has 0 radical (unpaired) electrons. The zero-order valence-electron chi connectivity index (χ0n) is 8.87. The maximum Gasteiger partial charge on any atom is 0.142 e. The first-order chi connectivity index (χ1) is 7.52. The van der Waals surface area contributed by atoms with Crippen LogP contribution in [0.1, 0.15) is 24.4 Å². The summed E-state index contributed by atoms with van der Waals surface area (Å²) in [6.45, 7) is 0. The van der Waals surface area contributed by atoms with E-state index in [-0.39, 0.29) is 28.9 Å². The molecule has 0 aromatic heterocycles. The minimum Gasteiger partial charge on any atom is -0.391 e. The maximum atomic E-state index is 13.5. The number of nitrogens with two attached hydrogens (primary N) is 1. The van der Waals surface area contributed by atoms with E-state index in [4.69, 9.17) is 17.3 Å². The average molecular weight is 284 g/mol. The van der Waals surface area contributed by atoms with Gasteiger partial charge in [-0.25, -0.2) is 8.78 Å². The summed E-state index contributed by atoms with van der Waals surface area (Å²) in [7, 11) is 0. The van der Waals surface area contributed by atoms with E-state index < -0.39 is 23.8 Å². The third kappa shape index (κ3) is 2.88. The van der Waals surface area contributed by atoms with Crippen molar-refractivity contribution in [3.05, 3.63) is 34.4 Å². The molecule has 17 heavy (non-hydrogen) atoms. The summed E-state index contributed by atoms with van der Waals surface area (Å²) >= 11 is 5.66. The molecule has 0 amide bonds. The number of benzene rings is 1. The van der Waals surface area contributed by atoms with E-state index in [0.717, 1.165) is 25.0 Å². The molecule has 1 aliphatic carbocycles. The van der Waals surface area contributed by atoms with Gasteiger partial charge in [0.05, 0.1) is 17.2 Å². The molecule has 0 aliphatic heterocycles. The molecule has 2 atom stereocenters. The first-order valence-corrected chi connectivity index (χ1v) is 5.47. The smallest absolute Gasteiger partial charge is 0.142 e. The second kappa shape index (κ2) is 5.48. The van der Waals surface area contributed by atoms with E-state index in [1.807, 2.05) is 0 Å². The van der Waals surface area contributed by atoms with Crippen LogP contribution in [-0.2, 0) is 0 Å². The second-order valence-electron chi connectivity index (χ2n) is 4.11. The van der Waals surface area contributed by atoms with Crippen LogP contribution in [0.15, 0.2) is 12.1 Å². The van der Waals surface area contributed by atoms with Gasteiger partial charge in [-0.05, 0) is 30.9 Å². The summed E-state index contributed by atoms with van der Waals surface area (Å²) < 4.78 is 26.6. The number of aliphatic hydroxyl groups is 1. The van der Waals surface area contributed by atoms with Gasteiger partial charge in [-0.2, -0.15) is 0 Å². The standard InChI is InChI=1S/C11H12ClF2NO.ClH/c12-9-7(14)4-3-6(13)8(9)10(15)11(16)5-1-2-5;/h3-5,10-11,16H,1-2,15H2;1H/t10-,11+;/m1./s1. The Morgan fingerprint density at radius 3 is 2.35 bits per heavy atom. The quantitative estimate of drug-likeness (QED) is 0.838. The van der Waals surface area contributed by atoms with E-state index >= 15 is 0 Å². The summed E-state index contributed by atoms with van der Waals surface area (Å²) in [6.07, 6.45) is 0.862. The van der Waals surface area contributed by atoms with Gasteiger partial charge in [0.2, 0.25) is 0 Å². The van der Waals surface area contributed by atoms with Gasteiger partial charge in [0.25, 0.3) is 0 Å². The average Bonchev–Trinajstić information content (AvgIpc) is 3.06. The van der Waals surface area contributed by atoms with Gasteiger partial charge < -0.3 is 10.8 Å². The van der Waals surface area contributed by atoms with E-state index in [1.165, 1.54) is 0 Å². The molecule has 2 nitrogen and oxygen atoms in total. The van der Waals surface area contributed by atoms with Crippen molar-refractivity contribution in [3.63, 3.8) is 0 Å². The summed E-state index contributed by atoms with van der Waals surface area (Å²) in [5.41, 5.74) is 5.57. The Bertz CT molecular complexity index is 413. The predicted octanol–water partition coefficient (Wildman–Crippen LogP) is 2.81. The van der Waals surface area contributed by atoms with Gasteiger partial charge in [0, 0.05) is 5.56 Å². The van der Waals surface area contributed by atoms with Gasteiger partial charge in [0.15, 0.2) is 0 Å². The lowest BCUT2D eigenvalue weighted by Gasteiger charge is -2.20. The largest absolute Gasteiger partial charge is 0.391 e. The van der Waals surface area contributed by atoms with Crippen molar-refractivity contribution in [2.24, 2.45) is 11.7 Å². The molecular formula is C11H13Cl2F2NO. The lowest BCUT2D eigenvalue weighted by atomic mass is 9.98. The molecule has 1 fully saturated rings. The molecule has 6 heteroatoms. The third-order valence-corrected chi connectivity index (χ3v) is 3.27. The Labute approximate surface area is 109 Å². The molecular weight excluding hydrogens is 271 g/mol. The summed E-state index contributed by atoms with van der Waals surface area (Å²) in [5, 5.41) is 9.44. The number of rotatable bonds is 3. The highest BCUT2D eigenvalue weighted by molar-refractivity contribution is 6.31. The van der Waals surface area contributed by atoms with Crippen molar-refractivity contribution in [1.82, 2.24) is 0 Å².